The quantitative estimate of drug-likeness (QED) is 0.712. The van der Waals surface area contributed by atoms with Crippen molar-refractivity contribution in [1.29, 1.82) is 0 Å². The maximum atomic E-state index is 12.7. The van der Waals surface area contributed by atoms with Gasteiger partial charge in [-0.1, -0.05) is 23.7 Å². The first-order chi connectivity index (χ1) is 13.7. The van der Waals surface area contributed by atoms with Gasteiger partial charge in [0.05, 0.1) is 11.6 Å². The molecule has 10 heteroatoms. The van der Waals surface area contributed by atoms with Crippen LogP contribution in [0.2, 0.25) is 5.02 Å². The van der Waals surface area contributed by atoms with Crippen LogP contribution in [-0.4, -0.2) is 41.0 Å². The third-order valence-corrected chi connectivity index (χ3v) is 4.10. The monoisotopic (exact) mass is 429 g/mol. The Morgan fingerprint density at radius 2 is 1.93 bits per heavy atom. The van der Waals surface area contributed by atoms with Gasteiger partial charge in [-0.2, -0.15) is 13.2 Å². The summed E-state index contributed by atoms with van der Waals surface area (Å²) in [6.45, 7) is 3.22. The molecule has 0 radical (unpaired) electrons. The molecule has 0 aliphatic rings. The van der Waals surface area contributed by atoms with Gasteiger partial charge in [0.2, 0.25) is 5.88 Å². The number of amides is 2. The maximum absolute atomic E-state index is 12.7. The molecule has 0 fully saturated rings. The molecule has 0 saturated carbocycles. The number of ether oxygens (including phenoxy) is 1. The highest BCUT2D eigenvalue weighted by molar-refractivity contribution is 6.34. The molecule has 0 atom stereocenters. The number of carbonyl (C=O) groups is 2. The van der Waals surface area contributed by atoms with Crippen LogP contribution in [0.4, 0.5) is 18.9 Å². The second kappa shape index (κ2) is 9.60. The fourth-order valence-electron chi connectivity index (χ4n) is 2.48. The Labute approximate surface area is 170 Å². The topological polar surface area (TPSA) is 71.5 Å². The Morgan fingerprint density at radius 3 is 2.55 bits per heavy atom. The van der Waals surface area contributed by atoms with E-state index in [1.165, 1.54) is 25.1 Å². The van der Waals surface area contributed by atoms with Crippen LogP contribution in [0, 0.1) is 0 Å². The van der Waals surface area contributed by atoms with Crippen molar-refractivity contribution in [3.63, 3.8) is 0 Å². The fraction of sp³-hybridized carbons (Fsp3) is 0.316. The van der Waals surface area contributed by atoms with Crippen LogP contribution >= 0.6 is 11.6 Å². The highest BCUT2D eigenvalue weighted by Crippen LogP contribution is 2.22. The van der Waals surface area contributed by atoms with Crippen molar-refractivity contribution < 1.29 is 27.5 Å². The van der Waals surface area contributed by atoms with Crippen LogP contribution in [0.25, 0.3) is 0 Å². The van der Waals surface area contributed by atoms with Crippen molar-refractivity contribution in [2.75, 3.05) is 18.5 Å². The maximum Gasteiger partial charge on any atom is 0.471 e. The van der Waals surface area contributed by atoms with Crippen molar-refractivity contribution in [1.82, 2.24) is 9.88 Å². The van der Waals surface area contributed by atoms with E-state index in [0.29, 0.717) is 22.8 Å². The zero-order valence-corrected chi connectivity index (χ0v) is 16.5. The normalized spacial score (nSPS) is 11.1. The Bertz CT molecular complexity index is 890. The molecular formula is C19H19ClF3N3O3. The SMILES string of the molecule is CCOc1ccc(Cl)c(C(=O)Nc2cccc(CN(CC)C(=O)C(F)(F)F)c2)n1. The molecule has 29 heavy (non-hydrogen) atoms. The number of hydrogen-bond donors (Lipinski definition) is 1. The first-order valence-electron chi connectivity index (χ1n) is 8.71. The molecule has 0 spiro atoms. The number of carbonyl (C=O) groups excluding carboxylic acids is 2. The van der Waals surface area contributed by atoms with E-state index >= 15 is 0 Å². The predicted octanol–water partition coefficient (Wildman–Crippen LogP) is 4.30. The molecule has 0 unspecified atom stereocenters. The third-order valence-electron chi connectivity index (χ3n) is 3.80. The van der Waals surface area contributed by atoms with E-state index in [2.05, 4.69) is 10.3 Å². The van der Waals surface area contributed by atoms with E-state index in [0.717, 1.165) is 0 Å². The summed E-state index contributed by atoms with van der Waals surface area (Å²) in [7, 11) is 0. The van der Waals surface area contributed by atoms with E-state index in [1.54, 1.807) is 25.1 Å². The summed E-state index contributed by atoms with van der Waals surface area (Å²) in [6.07, 6.45) is -4.95. The molecular weight excluding hydrogens is 411 g/mol. The lowest BCUT2D eigenvalue weighted by Gasteiger charge is -2.22. The van der Waals surface area contributed by atoms with Gasteiger partial charge in [0.25, 0.3) is 5.91 Å². The molecule has 0 aliphatic carbocycles. The Hall–Kier alpha value is -2.81. The third kappa shape index (κ3) is 6.08. The zero-order chi connectivity index (χ0) is 21.6. The molecule has 1 N–H and O–H groups in total. The summed E-state index contributed by atoms with van der Waals surface area (Å²) in [4.78, 5) is 28.7. The fourth-order valence-corrected chi connectivity index (χ4v) is 2.67. The van der Waals surface area contributed by atoms with E-state index in [-0.39, 0.29) is 29.7 Å². The highest BCUT2D eigenvalue weighted by Gasteiger charge is 2.41. The first-order valence-corrected chi connectivity index (χ1v) is 9.09. The summed E-state index contributed by atoms with van der Waals surface area (Å²) in [5.41, 5.74) is 0.692. The average Bonchev–Trinajstić information content (AvgIpc) is 2.66. The van der Waals surface area contributed by atoms with E-state index < -0.39 is 18.0 Å². The van der Waals surface area contributed by atoms with E-state index in [4.69, 9.17) is 16.3 Å². The number of alkyl halides is 3. The number of aromatic nitrogens is 1. The van der Waals surface area contributed by atoms with Gasteiger partial charge in [0.1, 0.15) is 0 Å². The second-order valence-electron chi connectivity index (χ2n) is 5.88. The van der Waals surface area contributed by atoms with Crippen LogP contribution in [0.1, 0.15) is 29.9 Å². The largest absolute Gasteiger partial charge is 0.478 e. The van der Waals surface area contributed by atoms with Crippen LogP contribution in [0.5, 0.6) is 5.88 Å². The molecule has 2 amide bonds. The van der Waals surface area contributed by atoms with Gasteiger partial charge in [0, 0.05) is 24.8 Å². The minimum atomic E-state index is -4.95. The van der Waals surface area contributed by atoms with Crippen molar-refractivity contribution in [3.8, 4) is 5.88 Å². The van der Waals surface area contributed by atoms with Gasteiger partial charge in [-0.3, -0.25) is 9.59 Å². The van der Waals surface area contributed by atoms with Crippen LogP contribution in [0.15, 0.2) is 36.4 Å². The average molecular weight is 430 g/mol. The van der Waals surface area contributed by atoms with Gasteiger partial charge in [0.15, 0.2) is 5.69 Å². The Balaban J connectivity index is 2.16. The lowest BCUT2D eigenvalue weighted by Crippen LogP contribution is -2.40. The Morgan fingerprint density at radius 1 is 1.21 bits per heavy atom. The predicted molar refractivity (Wildman–Crippen MR) is 102 cm³/mol. The van der Waals surface area contributed by atoms with Crippen LogP contribution < -0.4 is 10.1 Å². The molecule has 156 valence electrons. The van der Waals surface area contributed by atoms with E-state index in [1.807, 2.05) is 0 Å². The summed E-state index contributed by atoms with van der Waals surface area (Å²) < 4.78 is 43.3. The summed E-state index contributed by atoms with van der Waals surface area (Å²) in [6, 6.07) is 9.16. The van der Waals surface area contributed by atoms with E-state index in [9.17, 15) is 22.8 Å². The molecule has 2 aromatic rings. The molecule has 0 bridgehead atoms. The summed E-state index contributed by atoms with van der Waals surface area (Å²) in [5, 5.41) is 2.71. The van der Waals surface area contributed by atoms with Crippen molar-refractivity contribution in [3.05, 3.63) is 52.7 Å². The number of hydrogen-bond acceptors (Lipinski definition) is 4. The number of halogens is 4. The molecule has 0 aliphatic heterocycles. The minimum absolute atomic E-state index is 0.0505. The van der Waals surface area contributed by atoms with Crippen LogP contribution in [0.3, 0.4) is 0 Å². The molecule has 6 nitrogen and oxygen atoms in total. The molecule has 1 aromatic heterocycles. The molecule has 1 heterocycles. The first kappa shape index (κ1) is 22.5. The van der Waals surface area contributed by atoms with Gasteiger partial charge in [-0.05, 0) is 37.6 Å². The van der Waals surface area contributed by atoms with Crippen molar-refractivity contribution in [2.24, 2.45) is 0 Å². The van der Waals surface area contributed by atoms with Gasteiger partial charge >= 0.3 is 12.1 Å². The van der Waals surface area contributed by atoms with Gasteiger partial charge < -0.3 is 15.0 Å². The van der Waals surface area contributed by atoms with Crippen molar-refractivity contribution >= 4 is 29.1 Å². The lowest BCUT2D eigenvalue weighted by atomic mass is 10.1. The number of benzene rings is 1. The molecule has 1 aromatic carbocycles. The standard InChI is InChI=1S/C19H19ClF3N3O3/c1-3-26(18(28)19(21,22)23)11-12-6-5-7-13(10-12)24-17(27)16-14(20)8-9-15(25-16)29-4-2/h5-10H,3-4,11H2,1-2H3,(H,24,27). The summed E-state index contributed by atoms with van der Waals surface area (Å²) >= 11 is 6.02. The molecule has 0 saturated heterocycles. The lowest BCUT2D eigenvalue weighted by molar-refractivity contribution is -0.185. The molecule has 2 rings (SSSR count). The number of nitrogens with zero attached hydrogens (tertiary/aromatic N) is 2. The number of rotatable bonds is 7. The van der Waals surface area contributed by atoms with Crippen molar-refractivity contribution in [2.45, 2.75) is 26.6 Å². The highest BCUT2D eigenvalue weighted by atomic mass is 35.5. The minimum Gasteiger partial charge on any atom is -0.478 e. The smallest absolute Gasteiger partial charge is 0.471 e. The van der Waals surface area contributed by atoms with Gasteiger partial charge in [-0.15, -0.1) is 0 Å². The Kier molecular flexibility index (Phi) is 7.44. The summed E-state index contributed by atoms with van der Waals surface area (Å²) in [5.74, 6) is -2.29. The van der Waals surface area contributed by atoms with Crippen LogP contribution in [-0.2, 0) is 11.3 Å². The number of nitrogens with one attached hydrogen (secondary N) is 1. The van der Waals surface area contributed by atoms with Gasteiger partial charge in [-0.25, -0.2) is 4.98 Å². The number of anilines is 1. The zero-order valence-electron chi connectivity index (χ0n) is 15.7. The number of pyridine rings is 1. The second-order valence-corrected chi connectivity index (χ2v) is 6.29.